The van der Waals surface area contributed by atoms with Crippen molar-refractivity contribution in [1.29, 1.82) is 0 Å². The average Bonchev–Trinajstić information content (AvgIpc) is 2.97. The lowest BCUT2D eigenvalue weighted by molar-refractivity contribution is 0.174. The Morgan fingerprint density at radius 3 is 3.24 bits per heavy atom. The van der Waals surface area contributed by atoms with Crippen molar-refractivity contribution in [3.63, 3.8) is 0 Å². The number of anilines is 1. The predicted molar refractivity (Wildman–Crippen MR) is 77.7 cm³/mol. The van der Waals surface area contributed by atoms with E-state index in [2.05, 4.69) is 20.0 Å². The van der Waals surface area contributed by atoms with Crippen LogP contribution in [0, 0.1) is 0 Å². The Morgan fingerprint density at radius 1 is 1.52 bits per heavy atom. The Labute approximate surface area is 123 Å². The van der Waals surface area contributed by atoms with Crippen LogP contribution in [-0.4, -0.2) is 41.4 Å². The summed E-state index contributed by atoms with van der Waals surface area (Å²) < 4.78 is 10.2. The molecule has 0 bridgehead atoms. The van der Waals surface area contributed by atoms with Gasteiger partial charge in [0.15, 0.2) is 5.82 Å². The van der Waals surface area contributed by atoms with E-state index in [0.717, 1.165) is 37.3 Å². The normalized spacial score (nSPS) is 19.0. The SMILES string of the molecule is COCc1noc(-c2ccnc(N3CCCC(N)C3)c2)n1. The van der Waals surface area contributed by atoms with E-state index in [0.29, 0.717) is 18.3 Å². The lowest BCUT2D eigenvalue weighted by Crippen LogP contribution is -2.43. The van der Waals surface area contributed by atoms with Crippen molar-refractivity contribution in [1.82, 2.24) is 15.1 Å². The fourth-order valence-corrected chi connectivity index (χ4v) is 2.50. The third kappa shape index (κ3) is 3.20. The van der Waals surface area contributed by atoms with Crippen molar-refractivity contribution in [3.05, 3.63) is 24.2 Å². The number of nitrogens with two attached hydrogens (primary N) is 1. The number of methoxy groups -OCH3 is 1. The molecule has 2 N–H and O–H groups in total. The second-order valence-electron chi connectivity index (χ2n) is 5.20. The molecular weight excluding hydrogens is 270 g/mol. The smallest absolute Gasteiger partial charge is 0.258 e. The van der Waals surface area contributed by atoms with Gasteiger partial charge in [-0.2, -0.15) is 4.98 Å². The van der Waals surface area contributed by atoms with Gasteiger partial charge in [0.1, 0.15) is 12.4 Å². The molecule has 7 nitrogen and oxygen atoms in total. The Balaban J connectivity index is 1.81. The van der Waals surface area contributed by atoms with Crippen molar-refractivity contribution in [2.75, 3.05) is 25.1 Å². The minimum absolute atomic E-state index is 0.209. The molecular formula is C14H19N5O2. The summed E-state index contributed by atoms with van der Waals surface area (Å²) in [6.45, 7) is 2.14. The standard InChI is InChI=1S/C14H19N5O2/c1-20-9-12-17-14(21-18-12)10-4-5-16-13(7-10)19-6-2-3-11(15)8-19/h4-5,7,11H,2-3,6,8-9,15H2,1H3. The minimum Gasteiger partial charge on any atom is -0.377 e. The molecule has 1 aliphatic heterocycles. The van der Waals surface area contributed by atoms with Crippen LogP contribution < -0.4 is 10.6 Å². The maximum absolute atomic E-state index is 6.02. The van der Waals surface area contributed by atoms with Crippen LogP contribution in [0.1, 0.15) is 18.7 Å². The molecule has 0 spiro atoms. The zero-order valence-electron chi connectivity index (χ0n) is 12.0. The maximum atomic E-state index is 6.02. The molecule has 1 saturated heterocycles. The molecule has 3 heterocycles. The quantitative estimate of drug-likeness (QED) is 0.904. The van der Waals surface area contributed by atoms with Crippen LogP contribution >= 0.6 is 0 Å². The zero-order chi connectivity index (χ0) is 14.7. The monoisotopic (exact) mass is 289 g/mol. The van der Waals surface area contributed by atoms with Crippen LogP contribution in [0.5, 0.6) is 0 Å². The highest BCUT2D eigenvalue weighted by Crippen LogP contribution is 2.23. The van der Waals surface area contributed by atoms with E-state index >= 15 is 0 Å². The first kappa shape index (κ1) is 14.0. The number of hydrogen-bond donors (Lipinski definition) is 1. The van der Waals surface area contributed by atoms with E-state index < -0.39 is 0 Å². The van der Waals surface area contributed by atoms with Gasteiger partial charge in [-0.25, -0.2) is 4.98 Å². The lowest BCUT2D eigenvalue weighted by atomic mass is 10.1. The van der Waals surface area contributed by atoms with Gasteiger partial charge in [0.2, 0.25) is 0 Å². The molecule has 112 valence electrons. The molecule has 21 heavy (non-hydrogen) atoms. The van der Waals surface area contributed by atoms with Crippen molar-refractivity contribution >= 4 is 5.82 Å². The van der Waals surface area contributed by atoms with E-state index in [4.69, 9.17) is 15.0 Å². The number of pyridine rings is 1. The number of nitrogens with zero attached hydrogens (tertiary/aromatic N) is 4. The van der Waals surface area contributed by atoms with E-state index in [1.165, 1.54) is 0 Å². The first-order valence-corrected chi connectivity index (χ1v) is 7.05. The first-order chi connectivity index (χ1) is 10.3. The van der Waals surface area contributed by atoms with Crippen LogP contribution in [0.25, 0.3) is 11.5 Å². The summed E-state index contributed by atoms with van der Waals surface area (Å²) in [6, 6.07) is 4.03. The first-order valence-electron chi connectivity index (χ1n) is 7.05. The van der Waals surface area contributed by atoms with Gasteiger partial charge in [0, 0.05) is 38.0 Å². The molecule has 3 rings (SSSR count). The van der Waals surface area contributed by atoms with Gasteiger partial charge in [-0.15, -0.1) is 0 Å². The van der Waals surface area contributed by atoms with Gasteiger partial charge in [0.05, 0.1) is 0 Å². The zero-order valence-corrected chi connectivity index (χ0v) is 12.0. The van der Waals surface area contributed by atoms with Crippen LogP contribution in [0.15, 0.2) is 22.9 Å². The molecule has 0 aliphatic carbocycles. The van der Waals surface area contributed by atoms with Gasteiger partial charge in [-0.05, 0) is 25.0 Å². The summed E-state index contributed by atoms with van der Waals surface area (Å²) in [5.41, 5.74) is 6.88. The molecule has 2 aromatic rings. The molecule has 0 saturated carbocycles. The van der Waals surface area contributed by atoms with Crippen LogP contribution in [-0.2, 0) is 11.3 Å². The molecule has 1 atom stereocenters. The van der Waals surface area contributed by atoms with Gasteiger partial charge in [0.25, 0.3) is 5.89 Å². The van der Waals surface area contributed by atoms with Crippen LogP contribution in [0.3, 0.4) is 0 Å². The summed E-state index contributed by atoms with van der Waals surface area (Å²) in [4.78, 5) is 10.9. The second-order valence-corrected chi connectivity index (χ2v) is 5.20. The molecule has 1 fully saturated rings. The summed E-state index contributed by atoms with van der Waals surface area (Å²) >= 11 is 0. The minimum atomic E-state index is 0.209. The Bertz CT molecular complexity index is 601. The van der Waals surface area contributed by atoms with Crippen molar-refractivity contribution in [3.8, 4) is 11.5 Å². The summed E-state index contributed by atoms with van der Waals surface area (Å²) in [6.07, 6.45) is 3.91. The molecule has 2 aromatic heterocycles. The van der Waals surface area contributed by atoms with Crippen molar-refractivity contribution in [2.45, 2.75) is 25.5 Å². The number of piperidine rings is 1. The Morgan fingerprint density at radius 2 is 2.43 bits per heavy atom. The third-order valence-corrected chi connectivity index (χ3v) is 3.52. The van der Waals surface area contributed by atoms with Gasteiger partial charge >= 0.3 is 0 Å². The van der Waals surface area contributed by atoms with Crippen molar-refractivity contribution < 1.29 is 9.26 Å². The summed E-state index contributed by atoms with van der Waals surface area (Å²) in [7, 11) is 1.60. The van der Waals surface area contributed by atoms with E-state index in [1.54, 1.807) is 13.3 Å². The van der Waals surface area contributed by atoms with Crippen molar-refractivity contribution in [2.24, 2.45) is 5.73 Å². The summed E-state index contributed by atoms with van der Waals surface area (Å²) in [5.74, 6) is 1.91. The number of rotatable bonds is 4. The topological polar surface area (TPSA) is 90.3 Å². The van der Waals surface area contributed by atoms with Gasteiger partial charge in [-0.1, -0.05) is 5.16 Å². The molecule has 1 aliphatic rings. The molecule has 0 aromatic carbocycles. The van der Waals surface area contributed by atoms with E-state index in [1.807, 2.05) is 12.1 Å². The molecule has 1 unspecified atom stereocenters. The Kier molecular flexibility index (Phi) is 4.12. The van der Waals surface area contributed by atoms with Gasteiger partial charge in [-0.3, -0.25) is 0 Å². The number of hydrogen-bond acceptors (Lipinski definition) is 7. The summed E-state index contributed by atoms with van der Waals surface area (Å²) in [5, 5.41) is 3.87. The molecule has 7 heteroatoms. The maximum Gasteiger partial charge on any atom is 0.258 e. The van der Waals surface area contributed by atoms with E-state index in [-0.39, 0.29) is 6.04 Å². The molecule has 0 amide bonds. The van der Waals surface area contributed by atoms with Crippen LogP contribution in [0.2, 0.25) is 0 Å². The average molecular weight is 289 g/mol. The lowest BCUT2D eigenvalue weighted by Gasteiger charge is -2.31. The second kappa shape index (κ2) is 6.19. The fourth-order valence-electron chi connectivity index (χ4n) is 2.50. The van der Waals surface area contributed by atoms with Crippen LogP contribution in [0.4, 0.5) is 5.82 Å². The largest absolute Gasteiger partial charge is 0.377 e. The fraction of sp³-hybridized carbons (Fsp3) is 0.500. The van der Waals surface area contributed by atoms with Gasteiger partial charge < -0.3 is 19.9 Å². The highest BCUT2D eigenvalue weighted by molar-refractivity contribution is 5.58. The molecule has 0 radical (unpaired) electrons. The number of ether oxygens (including phenoxy) is 1. The number of aromatic nitrogens is 3. The van der Waals surface area contributed by atoms with E-state index in [9.17, 15) is 0 Å². The highest BCUT2D eigenvalue weighted by atomic mass is 16.5. The Hall–Kier alpha value is -1.99. The highest BCUT2D eigenvalue weighted by Gasteiger charge is 2.19. The third-order valence-electron chi connectivity index (χ3n) is 3.52. The predicted octanol–water partition coefficient (Wildman–Crippen LogP) is 1.21.